The fraction of sp³-hybridized carbons (Fsp3) is 0.400. The van der Waals surface area contributed by atoms with Crippen LogP contribution in [0, 0.1) is 6.92 Å². The zero-order valence-corrected chi connectivity index (χ0v) is 15.3. The van der Waals surface area contributed by atoms with Gasteiger partial charge in [-0.15, -0.1) is 11.3 Å². The number of amides is 1. The SMILES string of the molecule is Cc1ccc2cc(C(=O)NCCCc3nc4c(s3)CCCC4)[nH]c2c1. The highest BCUT2D eigenvalue weighted by Gasteiger charge is 2.15. The van der Waals surface area contributed by atoms with Crippen molar-refractivity contribution in [2.24, 2.45) is 0 Å². The summed E-state index contributed by atoms with van der Waals surface area (Å²) in [5.74, 6) is -0.0349. The molecule has 0 saturated heterocycles. The van der Waals surface area contributed by atoms with Gasteiger partial charge >= 0.3 is 0 Å². The number of nitrogens with zero attached hydrogens (tertiary/aromatic N) is 1. The summed E-state index contributed by atoms with van der Waals surface area (Å²) in [7, 11) is 0. The monoisotopic (exact) mass is 353 g/mol. The predicted octanol–water partition coefficient (Wildman–Crippen LogP) is 4.17. The number of carbonyl (C=O) groups is 1. The van der Waals surface area contributed by atoms with E-state index in [1.165, 1.54) is 40.4 Å². The van der Waals surface area contributed by atoms with Gasteiger partial charge in [0.05, 0.1) is 10.7 Å². The molecule has 5 heteroatoms. The van der Waals surface area contributed by atoms with E-state index in [0.29, 0.717) is 12.2 Å². The van der Waals surface area contributed by atoms with Crippen LogP contribution in [0.5, 0.6) is 0 Å². The second-order valence-corrected chi connectivity index (χ2v) is 7.99. The molecule has 4 rings (SSSR count). The molecule has 0 atom stereocenters. The van der Waals surface area contributed by atoms with Gasteiger partial charge in [-0.25, -0.2) is 4.98 Å². The van der Waals surface area contributed by atoms with Crippen LogP contribution in [-0.2, 0) is 19.3 Å². The second kappa shape index (κ2) is 7.00. The van der Waals surface area contributed by atoms with E-state index in [9.17, 15) is 4.79 Å². The van der Waals surface area contributed by atoms with Crippen LogP contribution in [0.25, 0.3) is 10.9 Å². The first-order chi connectivity index (χ1) is 12.2. The Morgan fingerprint density at radius 3 is 3.04 bits per heavy atom. The number of aryl methyl sites for hydroxylation is 4. The Kier molecular flexibility index (Phi) is 4.57. The largest absolute Gasteiger partial charge is 0.351 e. The molecule has 2 aromatic heterocycles. The summed E-state index contributed by atoms with van der Waals surface area (Å²) in [6.45, 7) is 2.73. The smallest absolute Gasteiger partial charge is 0.267 e. The Hall–Kier alpha value is -2.14. The molecular formula is C20H23N3OS. The van der Waals surface area contributed by atoms with E-state index in [1.54, 1.807) is 0 Å². The summed E-state index contributed by atoms with van der Waals surface area (Å²) < 4.78 is 0. The minimum atomic E-state index is -0.0349. The van der Waals surface area contributed by atoms with Crippen molar-refractivity contribution in [3.05, 3.63) is 51.1 Å². The minimum Gasteiger partial charge on any atom is -0.351 e. The topological polar surface area (TPSA) is 57.8 Å². The number of fused-ring (bicyclic) bond motifs is 2. The lowest BCUT2D eigenvalue weighted by Crippen LogP contribution is -2.25. The van der Waals surface area contributed by atoms with Crippen molar-refractivity contribution >= 4 is 28.1 Å². The van der Waals surface area contributed by atoms with Crippen molar-refractivity contribution in [1.82, 2.24) is 15.3 Å². The number of thiazole rings is 1. The highest BCUT2D eigenvalue weighted by molar-refractivity contribution is 7.11. The highest BCUT2D eigenvalue weighted by Crippen LogP contribution is 2.27. The lowest BCUT2D eigenvalue weighted by Gasteiger charge is -2.06. The number of aromatic nitrogens is 2. The summed E-state index contributed by atoms with van der Waals surface area (Å²) >= 11 is 1.86. The summed E-state index contributed by atoms with van der Waals surface area (Å²) in [6.07, 6.45) is 6.79. The van der Waals surface area contributed by atoms with Crippen LogP contribution in [0.15, 0.2) is 24.3 Å². The second-order valence-electron chi connectivity index (χ2n) is 6.82. The first kappa shape index (κ1) is 16.3. The number of hydrogen-bond acceptors (Lipinski definition) is 3. The number of nitrogens with one attached hydrogen (secondary N) is 2. The number of benzene rings is 1. The van der Waals surface area contributed by atoms with Crippen molar-refractivity contribution in [2.45, 2.75) is 45.4 Å². The Balaban J connectivity index is 1.30. The number of carbonyl (C=O) groups excluding carboxylic acids is 1. The molecule has 0 spiro atoms. The summed E-state index contributed by atoms with van der Waals surface area (Å²) in [5, 5.41) is 5.31. The summed E-state index contributed by atoms with van der Waals surface area (Å²) in [6, 6.07) is 8.09. The van der Waals surface area contributed by atoms with Gasteiger partial charge in [0, 0.05) is 28.7 Å². The van der Waals surface area contributed by atoms with E-state index in [4.69, 9.17) is 4.98 Å². The molecule has 2 N–H and O–H groups in total. The Morgan fingerprint density at radius 2 is 2.16 bits per heavy atom. The van der Waals surface area contributed by atoms with Crippen LogP contribution < -0.4 is 5.32 Å². The molecule has 1 amide bonds. The fourth-order valence-electron chi connectivity index (χ4n) is 3.41. The molecule has 2 heterocycles. The number of aromatic amines is 1. The van der Waals surface area contributed by atoms with Crippen LogP contribution in [0.4, 0.5) is 0 Å². The molecular weight excluding hydrogens is 330 g/mol. The average Bonchev–Trinajstić information content (AvgIpc) is 3.21. The maximum atomic E-state index is 12.3. The predicted molar refractivity (Wildman–Crippen MR) is 102 cm³/mol. The van der Waals surface area contributed by atoms with Crippen LogP contribution in [-0.4, -0.2) is 22.4 Å². The van der Waals surface area contributed by atoms with E-state index in [2.05, 4.69) is 29.4 Å². The van der Waals surface area contributed by atoms with Gasteiger partial charge in [0.15, 0.2) is 0 Å². The van der Waals surface area contributed by atoms with Gasteiger partial charge in [0.2, 0.25) is 0 Å². The first-order valence-electron chi connectivity index (χ1n) is 9.04. The molecule has 4 nitrogen and oxygen atoms in total. The molecule has 25 heavy (non-hydrogen) atoms. The Labute approximate surface area is 151 Å². The molecule has 0 saturated carbocycles. The molecule has 1 aliphatic carbocycles. The molecule has 0 fully saturated rings. The van der Waals surface area contributed by atoms with E-state index < -0.39 is 0 Å². The number of H-pyrrole nitrogens is 1. The highest BCUT2D eigenvalue weighted by atomic mass is 32.1. The molecule has 0 unspecified atom stereocenters. The molecule has 0 aliphatic heterocycles. The third kappa shape index (κ3) is 3.61. The molecule has 3 aromatic rings. The third-order valence-electron chi connectivity index (χ3n) is 4.77. The standard InChI is InChI=1S/C20H23N3OS/c1-13-8-9-14-12-17(22-16(14)11-13)20(24)21-10-4-7-19-23-15-5-2-3-6-18(15)25-19/h8-9,11-12,22H,2-7,10H2,1H3,(H,21,24). The van der Waals surface area contributed by atoms with Gasteiger partial charge in [-0.05, 0) is 56.7 Å². The van der Waals surface area contributed by atoms with E-state index >= 15 is 0 Å². The summed E-state index contributed by atoms with van der Waals surface area (Å²) in [4.78, 5) is 21.8. The maximum Gasteiger partial charge on any atom is 0.267 e. The number of hydrogen-bond donors (Lipinski definition) is 2. The van der Waals surface area contributed by atoms with Crippen LogP contribution >= 0.6 is 11.3 Å². The van der Waals surface area contributed by atoms with Crippen LogP contribution in [0.1, 0.15) is 50.9 Å². The van der Waals surface area contributed by atoms with Gasteiger partial charge < -0.3 is 10.3 Å². The average molecular weight is 353 g/mol. The van der Waals surface area contributed by atoms with Gasteiger partial charge in [0.1, 0.15) is 5.69 Å². The maximum absolute atomic E-state index is 12.3. The van der Waals surface area contributed by atoms with E-state index in [-0.39, 0.29) is 5.91 Å². The Morgan fingerprint density at radius 1 is 1.28 bits per heavy atom. The van der Waals surface area contributed by atoms with Gasteiger partial charge in [-0.1, -0.05) is 12.1 Å². The lowest BCUT2D eigenvalue weighted by molar-refractivity contribution is 0.0949. The molecule has 1 aliphatic rings. The van der Waals surface area contributed by atoms with Crippen molar-refractivity contribution < 1.29 is 4.79 Å². The zero-order chi connectivity index (χ0) is 17.2. The van der Waals surface area contributed by atoms with E-state index in [1.807, 2.05) is 23.5 Å². The third-order valence-corrected chi connectivity index (χ3v) is 5.98. The van der Waals surface area contributed by atoms with Crippen molar-refractivity contribution in [1.29, 1.82) is 0 Å². The minimum absolute atomic E-state index is 0.0349. The normalized spacial score (nSPS) is 13.8. The first-order valence-corrected chi connectivity index (χ1v) is 9.86. The molecule has 0 radical (unpaired) electrons. The van der Waals surface area contributed by atoms with Crippen molar-refractivity contribution in [2.75, 3.05) is 6.54 Å². The van der Waals surface area contributed by atoms with Gasteiger partial charge in [-0.2, -0.15) is 0 Å². The van der Waals surface area contributed by atoms with Crippen molar-refractivity contribution in [3.8, 4) is 0 Å². The lowest BCUT2D eigenvalue weighted by atomic mass is 10.0. The quantitative estimate of drug-likeness (QED) is 0.676. The molecule has 1 aromatic carbocycles. The fourth-order valence-corrected chi connectivity index (χ4v) is 4.61. The zero-order valence-electron chi connectivity index (χ0n) is 14.5. The van der Waals surface area contributed by atoms with Crippen LogP contribution in [0.2, 0.25) is 0 Å². The van der Waals surface area contributed by atoms with E-state index in [0.717, 1.165) is 30.2 Å². The summed E-state index contributed by atoms with van der Waals surface area (Å²) in [5.41, 5.74) is 4.15. The van der Waals surface area contributed by atoms with Gasteiger partial charge in [-0.3, -0.25) is 4.79 Å². The van der Waals surface area contributed by atoms with Crippen LogP contribution in [0.3, 0.4) is 0 Å². The number of rotatable bonds is 5. The van der Waals surface area contributed by atoms with Crippen molar-refractivity contribution in [3.63, 3.8) is 0 Å². The molecule has 0 bridgehead atoms. The Bertz CT molecular complexity index is 885. The molecule has 130 valence electrons. The van der Waals surface area contributed by atoms with Gasteiger partial charge in [0.25, 0.3) is 5.91 Å².